The molecule has 0 atom stereocenters. The number of aromatic nitrogens is 4. The first-order valence-electron chi connectivity index (χ1n) is 16.9. The second-order valence-corrected chi connectivity index (χ2v) is 16.8. The molecule has 0 saturated heterocycles. The second kappa shape index (κ2) is 12.8. The lowest BCUT2D eigenvalue weighted by atomic mass is 9.88. The predicted molar refractivity (Wildman–Crippen MR) is 202 cm³/mol. The van der Waals surface area contributed by atoms with Crippen LogP contribution in [0.3, 0.4) is 0 Å². The average molecular weight is 641 g/mol. The smallest absolute Gasteiger partial charge is 0.138 e. The summed E-state index contributed by atoms with van der Waals surface area (Å²) in [5, 5.41) is 0. The van der Waals surface area contributed by atoms with Crippen LogP contribution in [-0.4, -0.2) is 19.9 Å². The molecule has 6 nitrogen and oxygen atoms in total. The molecule has 6 heteroatoms. The molecular formula is C42H52N6. The lowest BCUT2D eigenvalue weighted by molar-refractivity contribution is 0.587. The molecule has 0 spiro atoms. The predicted octanol–water partition coefficient (Wildman–Crippen LogP) is 11.4. The number of hydrogen-bond donors (Lipinski definition) is 0. The minimum absolute atomic E-state index is 0.00549. The molecule has 0 aliphatic carbocycles. The average Bonchev–Trinajstić information content (AvgIpc) is 3.01. The van der Waals surface area contributed by atoms with E-state index in [1.807, 2.05) is 24.8 Å². The van der Waals surface area contributed by atoms with Crippen LogP contribution in [0.2, 0.25) is 0 Å². The van der Waals surface area contributed by atoms with Gasteiger partial charge >= 0.3 is 0 Å². The van der Waals surface area contributed by atoms with E-state index in [1.165, 1.54) is 22.3 Å². The fourth-order valence-corrected chi connectivity index (χ4v) is 5.38. The van der Waals surface area contributed by atoms with Gasteiger partial charge in [0.05, 0.1) is 11.4 Å². The van der Waals surface area contributed by atoms with Crippen LogP contribution in [0.4, 0.5) is 34.6 Å². The molecule has 0 aliphatic rings. The van der Waals surface area contributed by atoms with Gasteiger partial charge in [-0.05, 0) is 86.4 Å². The first-order chi connectivity index (χ1) is 22.3. The summed E-state index contributed by atoms with van der Waals surface area (Å²) in [7, 11) is 0. The molecule has 5 aromatic rings. The van der Waals surface area contributed by atoms with E-state index < -0.39 is 0 Å². The third kappa shape index (κ3) is 7.75. The van der Waals surface area contributed by atoms with Crippen LogP contribution in [0, 0.1) is 0 Å². The monoisotopic (exact) mass is 640 g/mol. The molecule has 0 bridgehead atoms. The molecule has 250 valence electrons. The highest BCUT2D eigenvalue weighted by atomic mass is 15.3. The third-order valence-corrected chi connectivity index (χ3v) is 8.72. The van der Waals surface area contributed by atoms with Crippen LogP contribution in [0.5, 0.6) is 0 Å². The summed E-state index contributed by atoms with van der Waals surface area (Å²) in [5.74, 6) is 3.18. The van der Waals surface area contributed by atoms with Crippen LogP contribution in [0.15, 0.2) is 97.6 Å². The summed E-state index contributed by atoms with van der Waals surface area (Å²) in [4.78, 5) is 24.1. The van der Waals surface area contributed by atoms with Gasteiger partial charge in [-0.3, -0.25) is 9.80 Å². The first kappa shape index (κ1) is 34.7. The van der Waals surface area contributed by atoms with E-state index in [9.17, 15) is 0 Å². The summed E-state index contributed by atoms with van der Waals surface area (Å²) >= 11 is 0. The molecule has 4 heterocycles. The van der Waals surface area contributed by atoms with Gasteiger partial charge in [0.2, 0.25) is 0 Å². The standard InChI is InChI=1S/C42H52N6/c1-39(2,3)29-16-20-35(43-25-29)47(36-21-17-30(26-44-36)40(4,5)6)33-14-13-15-34(24-33)48(37-22-18-31(27-45-37)41(7,8)9)38-23-19-32(28-46-38)42(10,11)12/h13-28H,1-12H3. The molecular weight excluding hydrogens is 589 g/mol. The summed E-state index contributed by atoms with van der Waals surface area (Å²) in [6.07, 6.45) is 7.90. The molecule has 48 heavy (non-hydrogen) atoms. The van der Waals surface area contributed by atoms with Crippen molar-refractivity contribution in [1.29, 1.82) is 0 Å². The molecule has 1 aromatic carbocycles. The molecule has 5 rings (SSSR count). The Morgan fingerprint density at radius 2 is 0.604 bits per heavy atom. The van der Waals surface area contributed by atoms with Crippen molar-refractivity contribution >= 4 is 34.6 Å². The van der Waals surface area contributed by atoms with Gasteiger partial charge in [0.15, 0.2) is 0 Å². The maximum atomic E-state index is 4.97. The van der Waals surface area contributed by atoms with E-state index in [2.05, 4.69) is 166 Å². The fourth-order valence-electron chi connectivity index (χ4n) is 5.38. The topological polar surface area (TPSA) is 58.0 Å². The second-order valence-electron chi connectivity index (χ2n) is 16.8. The van der Waals surface area contributed by atoms with E-state index in [4.69, 9.17) is 19.9 Å². The summed E-state index contributed by atoms with van der Waals surface area (Å²) in [6.45, 7) is 26.5. The Morgan fingerprint density at radius 1 is 0.354 bits per heavy atom. The van der Waals surface area contributed by atoms with Gasteiger partial charge in [0.25, 0.3) is 0 Å². The Kier molecular flexibility index (Phi) is 9.26. The molecule has 0 N–H and O–H groups in total. The van der Waals surface area contributed by atoms with E-state index in [1.54, 1.807) is 0 Å². The van der Waals surface area contributed by atoms with Gasteiger partial charge in [-0.25, -0.2) is 19.9 Å². The van der Waals surface area contributed by atoms with Crippen LogP contribution < -0.4 is 9.80 Å². The van der Waals surface area contributed by atoms with Gasteiger partial charge in [-0.2, -0.15) is 0 Å². The van der Waals surface area contributed by atoms with Gasteiger partial charge in [-0.1, -0.05) is 113 Å². The molecule has 0 fully saturated rings. The first-order valence-corrected chi connectivity index (χ1v) is 16.9. The zero-order chi connectivity index (χ0) is 35.1. The number of rotatable bonds is 6. The molecule has 4 aromatic heterocycles. The number of anilines is 6. The minimum Gasteiger partial charge on any atom is -0.279 e. The zero-order valence-electron chi connectivity index (χ0n) is 30.9. The van der Waals surface area contributed by atoms with Crippen molar-refractivity contribution in [2.45, 2.75) is 105 Å². The van der Waals surface area contributed by atoms with Crippen LogP contribution >= 0.6 is 0 Å². The molecule has 0 saturated carbocycles. The molecule has 0 amide bonds. The van der Waals surface area contributed by atoms with Crippen molar-refractivity contribution in [3.63, 3.8) is 0 Å². The normalized spacial score (nSPS) is 12.6. The Balaban J connectivity index is 1.66. The lowest BCUT2D eigenvalue weighted by Crippen LogP contribution is -2.18. The van der Waals surface area contributed by atoms with Crippen LogP contribution in [-0.2, 0) is 21.7 Å². The quantitative estimate of drug-likeness (QED) is 0.184. The summed E-state index contributed by atoms with van der Waals surface area (Å²) in [6, 6.07) is 25.4. The number of benzene rings is 1. The van der Waals surface area contributed by atoms with Crippen molar-refractivity contribution in [1.82, 2.24) is 19.9 Å². The van der Waals surface area contributed by atoms with Gasteiger partial charge in [0, 0.05) is 24.8 Å². The minimum atomic E-state index is -0.00549. The highest BCUT2D eigenvalue weighted by Crippen LogP contribution is 2.39. The maximum Gasteiger partial charge on any atom is 0.138 e. The third-order valence-electron chi connectivity index (χ3n) is 8.72. The van der Waals surface area contributed by atoms with E-state index in [0.717, 1.165) is 34.6 Å². The van der Waals surface area contributed by atoms with E-state index >= 15 is 0 Å². The van der Waals surface area contributed by atoms with Gasteiger partial charge in [-0.15, -0.1) is 0 Å². The Morgan fingerprint density at radius 3 is 0.792 bits per heavy atom. The van der Waals surface area contributed by atoms with Gasteiger partial charge in [0.1, 0.15) is 23.3 Å². The maximum absolute atomic E-state index is 4.97. The summed E-state index contributed by atoms with van der Waals surface area (Å²) < 4.78 is 0. The van der Waals surface area contributed by atoms with Crippen molar-refractivity contribution < 1.29 is 0 Å². The van der Waals surface area contributed by atoms with Crippen molar-refractivity contribution in [3.8, 4) is 0 Å². The lowest BCUT2D eigenvalue weighted by Gasteiger charge is -2.29. The molecule has 0 radical (unpaired) electrons. The van der Waals surface area contributed by atoms with Crippen LogP contribution in [0.1, 0.15) is 105 Å². The molecule has 0 aliphatic heterocycles. The zero-order valence-corrected chi connectivity index (χ0v) is 30.9. The van der Waals surface area contributed by atoms with Crippen molar-refractivity contribution in [3.05, 3.63) is 120 Å². The Hall–Kier alpha value is -4.58. The SMILES string of the molecule is CC(C)(C)c1ccc(N(c2cccc(N(c3ccc(C(C)(C)C)cn3)c3ccc(C(C)(C)C)cn3)c2)c2ccc(C(C)(C)C)cn2)nc1. The summed E-state index contributed by atoms with van der Waals surface area (Å²) in [5.41, 5.74) is 6.55. The van der Waals surface area contributed by atoms with Crippen molar-refractivity contribution in [2.24, 2.45) is 0 Å². The van der Waals surface area contributed by atoms with Crippen LogP contribution in [0.25, 0.3) is 0 Å². The Bertz CT molecular complexity index is 1560. The largest absolute Gasteiger partial charge is 0.279 e. The number of hydrogen-bond acceptors (Lipinski definition) is 6. The highest BCUT2D eigenvalue weighted by Gasteiger charge is 2.24. The van der Waals surface area contributed by atoms with E-state index in [-0.39, 0.29) is 21.7 Å². The number of nitrogens with zero attached hydrogens (tertiary/aromatic N) is 6. The Labute approximate surface area is 288 Å². The van der Waals surface area contributed by atoms with Crippen molar-refractivity contribution in [2.75, 3.05) is 9.80 Å². The number of pyridine rings is 4. The van der Waals surface area contributed by atoms with Gasteiger partial charge < -0.3 is 0 Å². The van der Waals surface area contributed by atoms with E-state index in [0.29, 0.717) is 0 Å². The molecule has 0 unspecified atom stereocenters. The fraction of sp³-hybridized carbons (Fsp3) is 0.381. The highest BCUT2D eigenvalue weighted by molar-refractivity contribution is 5.79.